The predicted octanol–water partition coefficient (Wildman–Crippen LogP) is 5.37. The Hall–Kier alpha value is -2.70. The van der Waals surface area contributed by atoms with Crippen LogP contribution in [0.3, 0.4) is 0 Å². The number of halogens is 1. The van der Waals surface area contributed by atoms with Crippen molar-refractivity contribution in [3.63, 3.8) is 0 Å². The van der Waals surface area contributed by atoms with E-state index in [1.807, 2.05) is 30.3 Å². The molecule has 2 aliphatic rings. The highest BCUT2D eigenvalue weighted by molar-refractivity contribution is 7.17. The first-order chi connectivity index (χ1) is 13.7. The van der Waals surface area contributed by atoms with E-state index in [9.17, 15) is 4.79 Å². The molecule has 0 aliphatic carbocycles. The fraction of sp³-hybridized carbons (Fsp3) is 0.190. The highest BCUT2D eigenvalue weighted by atomic mass is 35.5. The van der Waals surface area contributed by atoms with Crippen LogP contribution in [-0.4, -0.2) is 19.1 Å². The molecule has 0 radical (unpaired) electrons. The third-order valence-corrected chi connectivity index (χ3v) is 6.16. The zero-order chi connectivity index (χ0) is 19.1. The van der Waals surface area contributed by atoms with Gasteiger partial charge in [0, 0.05) is 34.6 Å². The summed E-state index contributed by atoms with van der Waals surface area (Å²) in [5, 5.41) is 3.30. The lowest BCUT2D eigenvalue weighted by Gasteiger charge is -2.16. The van der Waals surface area contributed by atoms with Gasteiger partial charge in [-0.25, -0.2) is 0 Å². The highest BCUT2D eigenvalue weighted by Gasteiger charge is 2.23. The van der Waals surface area contributed by atoms with Crippen LogP contribution in [0.4, 0.5) is 5.69 Å². The molecule has 1 N–H and O–H groups in total. The molecule has 142 valence electrons. The van der Waals surface area contributed by atoms with Gasteiger partial charge in [0.15, 0.2) is 11.5 Å². The average Bonchev–Trinajstić information content (AvgIpc) is 3.03. The van der Waals surface area contributed by atoms with Crippen LogP contribution >= 0.6 is 22.9 Å². The Balaban J connectivity index is 1.43. The van der Waals surface area contributed by atoms with Crippen LogP contribution in [0.2, 0.25) is 5.02 Å². The topological polar surface area (TPSA) is 56.8 Å². The van der Waals surface area contributed by atoms with Crippen molar-refractivity contribution in [2.75, 3.05) is 18.5 Å². The number of thiophene rings is 1. The fourth-order valence-electron chi connectivity index (χ4n) is 3.28. The molecule has 1 amide bonds. The summed E-state index contributed by atoms with van der Waals surface area (Å²) in [5.74, 6) is 1.81. The van der Waals surface area contributed by atoms with Gasteiger partial charge in [-0.05, 0) is 18.2 Å². The van der Waals surface area contributed by atoms with Crippen LogP contribution in [0, 0.1) is 0 Å². The van der Waals surface area contributed by atoms with Crippen LogP contribution in [0.15, 0.2) is 42.5 Å². The maximum Gasteiger partial charge on any atom is 0.265 e. The lowest BCUT2D eigenvalue weighted by atomic mass is 10.1. The van der Waals surface area contributed by atoms with E-state index in [1.54, 1.807) is 12.1 Å². The zero-order valence-electron chi connectivity index (χ0n) is 14.8. The van der Waals surface area contributed by atoms with Crippen LogP contribution in [0.5, 0.6) is 17.2 Å². The number of benzene rings is 2. The maximum absolute atomic E-state index is 12.9. The fourth-order valence-corrected chi connectivity index (χ4v) is 4.57. The largest absolute Gasteiger partial charge is 0.490 e. The summed E-state index contributed by atoms with van der Waals surface area (Å²) in [6.45, 7) is 1.61. The molecule has 28 heavy (non-hydrogen) atoms. The molecule has 1 aromatic heterocycles. The van der Waals surface area contributed by atoms with E-state index in [1.165, 1.54) is 11.3 Å². The van der Waals surface area contributed by atoms with Crippen LogP contribution in [-0.2, 0) is 6.61 Å². The van der Waals surface area contributed by atoms with Crippen molar-refractivity contribution in [3.05, 3.63) is 57.9 Å². The van der Waals surface area contributed by atoms with E-state index in [-0.39, 0.29) is 5.91 Å². The van der Waals surface area contributed by atoms with Crippen molar-refractivity contribution >= 4 is 34.5 Å². The first-order valence-corrected chi connectivity index (χ1v) is 10.1. The van der Waals surface area contributed by atoms with E-state index < -0.39 is 0 Å². The number of fused-ring (bicyclic) bond motifs is 4. The van der Waals surface area contributed by atoms with Gasteiger partial charge >= 0.3 is 0 Å². The van der Waals surface area contributed by atoms with Crippen molar-refractivity contribution < 1.29 is 19.0 Å². The Kier molecular flexibility index (Phi) is 4.37. The number of amides is 1. The predicted molar refractivity (Wildman–Crippen MR) is 109 cm³/mol. The molecule has 7 heteroatoms. The number of carbonyl (C=O) groups is 1. The number of rotatable bonds is 2. The van der Waals surface area contributed by atoms with Crippen molar-refractivity contribution in [3.8, 4) is 27.7 Å². The van der Waals surface area contributed by atoms with Gasteiger partial charge in [-0.1, -0.05) is 23.7 Å². The van der Waals surface area contributed by atoms with Crippen molar-refractivity contribution in [2.24, 2.45) is 0 Å². The second-order valence-corrected chi connectivity index (χ2v) is 7.99. The third kappa shape index (κ3) is 3.08. The van der Waals surface area contributed by atoms with E-state index in [0.717, 1.165) is 28.2 Å². The van der Waals surface area contributed by atoms with E-state index in [0.29, 0.717) is 46.9 Å². The van der Waals surface area contributed by atoms with Crippen LogP contribution in [0.1, 0.15) is 21.7 Å². The number of para-hydroxylation sites is 1. The number of nitrogens with one attached hydrogen (secondary N) is 1. The lowest BCUT2D eigenvalue weighted by molar-refractivity contribution is 0.103. The summed E-state index contributed by atoms with van der Waals surface area (Å²) < 4.78 is 17.1. The molecule has 0 saturated carbocycles. The van der Waals surface area contributed by atoms with Gasteiger partial charge in [-0.15, -0.1) is 11.3 Å². The molecule has 0 unspecified atom stereocenters. The number of hydrogen-bond acceptors (Lipinski definition) is 5. The first kappa shape index (κ1) is 17.4. The first-order valence-electron chi connectivity index (χ1n) is 8.94. The van der Waals surface area contributed by atoms with Gasteiger partial charge in [0.05, 0.1) is 28.8 Å². The smallest absolute Gasteiger partial charge is 0.265 e. The minimum Gasteiger partial charge on any atom is -0.490 e. The standard InChI is InChI=1S/C21H16ClNO4S/c22-14-9-17-18(26-7-3-6-25-17)10-15(14)23-21(24)19-8-12-11-27-16-5-2-1-4-13(16)20(12)28-19/h1-2,4-5,8-10H,3,6-7,11H2,(H,23,24). The average molecular weight is 414 g/mol. The van der Waals surface area contributed by atoms with Gasteiger partial charge in [-0.2, -0.15) is 0 Å². The number of anilines is 1. The van der Waals surface area contributed by atoms with E-state index >= 15 is 0 Å². The molecule has 5 nitrogen and oxygen atoms in total. The maximum atomic E-state index is 12.9. The molecule has 0 saturated heterocycles. The van der Waals surface area contributed by atoms with Gasteiger partial charge in [0.2, 0.25) is 0 Å². The number of hydrogen-bond donors (Lipinski definition) is 1. The Morgan fingerprint density at radius 2 is 1.79 bits per heavy atom. The summed E-state index contributed by atoms with van der Waals surface area (Å²) in [6, 6.07) is 13.1. The molecule has 2 aliphatic heterocycles. The molecule has 2 aromatic carbocycles. The quantitative estimate of drug-likeness (QED) is 0.613. The molecular formula is C21H16ClNO4S. The summed E-state index contributed by atoms with van der Waals surface area (Å²) in [5.41, 5.74) is 2.53. The summed E-state index contributed by atoms with van der Waals surface area (Å²) >= 11 is 7.80. The minimum absolute atomic E-state index is 0.215. The van der Waals surface area contributed by atoms with Gasteiger partial charge < -0.3 is 19.5 Å². The van der Waals surface area contributed by atoms with Gasteiger partial charge in [0.1, 0.15) is 12.4 Å². The molecule has 3 aromatic rings. The lowest BCUT2D eigenvalue weighted by Crippen LogP contribution is -2.11. The molecular weight excluding hydrogens is 398 g/mol. The molecule has 0 fully saturated rings. The molecule has 0 bridgehead atoms. The summed E-state index contributed by atoms with van der Waals surface area (Å²) in [7, 11) is 0. The van der Waals surface area contributed by atoms with Crippen molar-refractivity contribution in [1.29, 1.82) is 0 Å². The van der Waals surface area contributed by atoms with E-state index in [4.69, 9.17) is 25.8 Å². The molecule has 0 atom stereocenters. The van der Waals surface area contributed by atoms with Crippen LogP contribution in [0.25, 0.3) is 10.4 Å². The number of ether oxygens (including phenoxy) is 3. The summed E-state index contributed by atoms with van der Waals surface area (Å²) in [4.78, 5) is 14.5. The SMILES string of the molecule is O=C(Nc1cc2c(cc1Cl)OCCCO2)c1cc2c(s1)-c1ccccc1OC2. The Labute approximate surface area is 170 Å². The Bertz CT molecular complexity index is 1080. The second-order valence-electron chi connectivity index (χ2n) is 6.53. The third-order valence-electron chi connectivity index (χ3n) is 4.63. The highest BCUT2D eigenvalue weighted by Crippen LogP contribution is 2.43. The van der Waals surface area contributed by atoms with Gasteiger partial charge in [-0.3, -0.25) is 4.79 Å². The Morgan fingerprint density at radius 3 is 2.64 bits per heavy atom. The monoisotopic (exact) mass is 413 g/mol. The van der Waals surface area contributed by atoms with E-state index in [2.05, 4.69) is 5.32 Å². The van der Waals surface area contributed by atoms with Gasteiger partial charge in [0.25, 0.3) is 5.91 Å². The summed E-state index contributed by atoms with van der Waals surface area (Å²) in [6.07, 6.45) is 0.804. The molecule has 0 spiro atoms. The van der Waals surface area contributed by atoms with Crippen molar-refractivity contribution in [2.45, 2.75) is 13.0 Å². The minimum atomic E-state index is -0.215. The molecule has 3 heterocycles. The van der Waals surface area contributed by atoms with Crippen molar-refractivity contribution in [1.82, 2.24) is 0 Å². The Morgan fingerprint density at radius 1 is 1.00 bits per heavy atom. The normalized spacial score (nSPS) is 14.3. The van der Waals surface area contributed by atoms with Crippen LogP contribution < -0.4 is 19.5 Å². The second kappa shape index (κ2) is 7.04. The molecule has 5 rings (SSSR count). The number of carbonyl (C=O) groups excluding carboxylic acids is 1. The zero-order valence-corrected chi connectivity index (χ0v) is 16.4.